The lowest BCUT2D eigenvalue weighted by Crippen LogP contribution is -2.59. The molecule has 0 saturated heterocycles. The second-order valence-corrected chi connectivity index (χ2v) is 9.55. The first kappa shape index (κ1) is 17.4. The molecule has 0 aliphatic heterocycles. The molecule has 0 aromatic carbocycles. The predicted octanol–water partition coefficient (Wildman–Crippen LogP) is 2.67. The van der Waals surface area contributed by atoms with E-state index < -0.39 is 12.2 Å². The van der Waals surface area contributed by atoms with Gasteiger partial charge >= 0.3 is 0 Å². The van der Waals surface area contributed by atoms with Crippen LogP contribution in [0.1, 0.15) is 59.3 Å². The normalized spacial score (nSPS) is 52.0. The molecule has 3 fully saturated rings. The average molecular weight is 346 g/mol. The average Bonchev–Trinajstić information content (AvgIpc) is 2.85. The maximum atomic E-state index is 12.2. The maximum absolute atomic E-state index is 12.2. The molecule has 3 saturated carbocycles. The molecule has 138 valence electrons. The van der Waals surface area contributed by atoms with Gasteiger partial charge in [-0.3, -0.25) is 9.59 Å². The van der Waals surface area contributed by atoms with Crippen LogP contribution in [0, 0.1) is 34.5 Å². The van der Waals surface area contributed by atoms with Gasteiger partial charge in [-0.15, -0.1) is 0 Å². The summed E-state index contributed by atoms with van der Waals surface area (Å²) >= 11 is 0. The molecule has 4 rings (SSSR count). The van der Waals surface area contributed by atoms with Crippen molar-refractivity contribution in [2.75, 3.05) is 0 Å². The second kappa shape index (κ2) is 5.50. The van der Waals surface area contributed by atoms with Crippen LogP contribution in [0.2, 0.25) is 0 Å². The Balaban J connectivity index is 1.76. The SMILES string of the molecule is CC(=O)[C@@H]1CC[C@@H]2[C@@H]3C[C@H](O)C4=CC(=O)CC[C@]4(C)[C@@H]3[C@H](O)C[C@]21C. The van der Waals surface area contributed by atoms with Crippen molar-refractivity contribution in [2.45, 2.75) is 71.5 Å². The third-order valence-electron chi connectivity index (χ3n) is 8.40. The first-order valence-corrected chi connectivity index (χ1v) is 9.80. The summed E-state index contributed by atoms with van der Waals surface area (Å²) < 4.78 is 0. The van der Waals surface area contributed by atoms with Crippen LogP contribution < -0.4 is 0 Å². The van der Waals surface area contributed by atoms with E-state index in [2.05, 4.69) is 13.8 Å². The van der Waals surface area contributed by atoms with Gasteiger partial charge in [-0.2, -0.15) is 0 Å². The number of fused-ring (bicyclic) bond motifs is 5. The van der Waals surface area contributed by atoms with Gasteiger partial charge in [0.05, 0.1) is 12.2 Å². The van der Waals surface area contributed by atoms with E-state index in [0.717, 1.165) is 18.4 Å². The molecule has 2 N–H and O–H groups in total. The van der Waals surface area contributed by atoms with Crippen molar-refractivity contribution >= 4 is 11.6 Å². The van der Waals surface area contributed by atoms with Crippen molar-refractivity contribution in [2.24, 2.45) is 34.5 Å². The monoisotopic (exact) mass is 346 g/mol. The summed E-state index contributed by atoms with van der Waals surface area (Å²) in [6.45, 7) is 6.00. The third kappa shape index (κ3) is 2.26. The quantitative estimate of drug-likeness (QED) is 0.765. The van der Waals surface area contributed by atoms with E-state index in [1.54, 1.807) is 13.0 Å². The molecule has 0 unspecified atom stereocenters. The smallest absolute Gasteiger partial charge is 0.155 e. The molecule has 0 heterocycles. The van der Waals surface area contributed by atoms with Gasteiger partial charge in [0.1, 0.15) is 5.78 Å². The number of Topliss-reactive ketones (excluding diaryl/α,β-unsaturated/α-hetero) is 1. The van der Waals surface area contributed by atoms with Crippen molar-refractivity contribution < 1.29 is 19.8 Å². The van der Waals surface area contributed by atoms with E-state index in [1.165, 1.54) is 0 Å². The summed E-state index contributed by atoms with van der Waals surface area (Å²) in [5.41, 5.74) is 0.383. The molecule has 0 spiro atoms. The highest BCUT2D eigenvalue weighted by Gasteiger charge is 2.63. The summed E-state index contributed by atoms with van der Waals surface area (Å²) in [5, 5.41) is 22.0. The number of ketones is 2. The molecule has 0 radical (unpaired) electrons. The molecule has 0 amide bonds. The van der Waals surface area contributed by atoms with Crippen LogP contribution in [0.5, 0.6) is 0 Å². The number of hydrogen-bond donors (Lipinski definition) is 2. The van der Waals surface area contributed by atoms with Gasteiger partial charge in [0.15, 0.2) is 5.78 Å². The highest BCUT2D eigenvalue weighted by Crippen LogP contribution is 2.66. The van der Waals surface area contributed by atoms with Crippen LogP contribution in [0.25, 0.3) is 0 Å². The molecule has 25 heavy (non-hydrogen) atoms. The summed E-state index contributed by atoms with van der Waals surface area (Å²) in [5.74, 6) is 1.05. The van der Waals surface area contributed by atoms with Gasteiger partial charge in [-0.25, -0.2) is 0 Å². The van der Waals surface area contributed by atoms with Gasteiger partial charge in [0.2, 0.25) is 0 Å². The van der Waals surface area contributed by atoms with E-state index in [4.69, 9.17) is 0 Å². The number of aliphatic hydroxyl groups excluding tert-OH is 2. The lowest BCUT2D eigenvalue weighted by molar-refractivity contribution is -0.152. The Morgan fingerprint density at radius 3 is 2.64 bits per heavy atom. The molecular formula is C21H30O4. The minimum absolute atomic E-state index is 0.0305. The highest BCUT2D eigenvalue weighted by molar-refractivity contribution is 5.92. The van der Waals surface area contributed by atoms with E-state index >= 15 is 0 Å². The molecule has 0 aromatic rings. The fraction of sp³-hybridized carbons (Fsp3) is 0.810. The summed E-state index contributed by atoms with van der Waals surface area (Å²) in [6, 6.07) is 0. The van der Waals surface area contributed by atoms with Gasteiger partial charge in [0, 0.05) is 12.3 Å². The Hall–Kier alpha value is -1.00. The van der Waals surface area contributed by atoms with Crippen LogP contribution in [0.4, 0.5) is 0 Å². The van der Waals surface area contributed by atoms with Gasteiger partial charge in [0.25, 0.3) is 0 Å². The minimum Gasteiger partial charge on any atom is -0.393 e. The molecular weight excluding hydrogens is 316 g/mol. The van der Waals surface area contributed by atoms with Crippen LogP contribution >= 0.6 is 0 Å². The molecule has 0 bridgehead atoms. The van der Waals surface area contributed by atoms with Gasteiger partial charge < -0.3 is 10.2 Å². The van der Waals surface area contributed by atoms with Crippen LogP contribution in [0.3, 0.4) is 0 Å². The fourth-order valence-electron chi connectivity index (χ4n) is 7.41. The van der Waals surface area contributed by atoms with E-state index in [-0.39, 0.29) is 40.2 Å². The topological polar surface area (TPSA) is 74.6 Å². The molecule has 4 aliphatic rings. The van der Waals surface area contributed by atoms with E-state index in [0.29, 0.717) is 31.6 Å². The summed E-state index contributed by atoms with van der Waals surface area (Å²) in [4.78, 5) is 24.1. The van der Waals surface area contributed by atoms with Crippen LogP contribution in [-0.4, -0.2) is 34.0 Å². The van der Waals surface area contributed by atoms with Crippen molar-refractivity contribution in [3.8, 4) is 0 Å². The zero-order valence-corrected chi connectivity index (χ0v) is 15.5. The van der Waals surface area contributed by atoms with Gasteiger partial charge in [-0.05, 0) is 79.3 Å². The standard InChI is InChI=1S/C21H30O4/c1-11(22)14-4-5-15-13-9-17(24)16-8-12(23)6-7-20(16,2)19(13)18(25)10-21(14,15)3/h8,13-15,17-19,24-25H,4-7,9-10H2,1-3H3/t13-,14-,15+,17-,18+,19-,20-,21-/m0/s1. The minimum atomic E-state index is -0.596. The molecule has 4 heteroatoms. The molecule has 4 nitrogen and oxygen atoms in total. The van der Waals surface area contributed by atoms with E-state index in [1.807, 2.05) is 0 Å². The number of carbonyl (C=O) groups excluding carboxylic acids is 2. The van der Waals surface area contributed by atoms with Crippen molar-refractivity contribution in [1.82, 2.24) is 0 Å². The van der Waals surface area contributed by atoms with Crippen molar-refractivity contribution in [3.05, 3.63) is 11.6 Å². The van der Waals surface area contributed by atoms with E-state index in [9.17, 15) is 19.8 Å². The van der Waals surface area contributed by atoms with Crippen LogP contribution in [0.15, 0.2) is 11.6 Å². The Labute approximate surface area is 149 Å². The molecule has 0 aromatic heterocycles. The third-order valence-corrected chi connectivity index (χ3v) is 8.40. The second-order valence-electron chi connectivity index (χ2n) is 9.55. The number of rotatable bonds is 1. The van der Waals surface area contributed by atoms with Crippen molar-refractivity contribution in [1.29, 1.82) is 0 Å². The molecule has 8 atom stereocenters. The first-order chi connectivity index (χ1) is 11.7. The fourth-order valence-corrected chi connectivity index (χ4v) is 7.41. The number of hydrogen-bond acceptors (Lipinski definition) is 4. The lowest BCUT2D eigenvalue weighted by atomic mass is 9.45. The van der Waals surface area contributed by atoms with Crippen LogP contribution in [-0.2, 0) is 9.59 Å². The van der Waals surface area contributed by atoms with Gasteiger partial charge in [-0.1, -0.05) is 13.8 Å². The lowest BCUT2D eigenvalue weighted by Gasteiger charge is -2.60. The predicted molar refractivity (Wildman–Crippen MR) is 93.7 cm³/mol. The highest BCUT2D eigenvalue weighted by atomic mass is 16.3. The maximum Gasteiger partial charge on any atom is 0.155 e. The Bertz CT molecular complexity index is 652. The first-order valence-electron chi connectivity index (χ1n) is 9.80. The van der Waals surface area contributed by atoms with Crippen molar-refractivity contribution in [3.63, 3.8) is 0 Å². The Morgan fingerprint density at radius 2 is 1.96 bits per heavy atom. The molecule has 4 aliphatic carbocycles. The zero-order valence-electron chi connectivity index (χ0n) is 15.5. The largest absolute Gasteiger partial charge is 0.393 e. The number of carbonyl (C=O) groups is 2. The zero-order chi connectivity index (χ0) is 18.1. The Morgan fingerprint density at radius 1 is 1.24 bits per heavy atom. The number of aliphatic hydroxyl groups is 2. The summed E-state index contributed by atoms with van der Waals surface area (Å²) in [7, 11) is 0. The Kier molecular flexibility index (Phi) is 3.83. The summed E-state index contributed by atoms with van der Waals surface area (Å²) in [6.07, 6.45) is 4.99.